The van der Waals surface area contributed by atoms with Gasteiger partial charge in [-0.25, -0.2) is 8.42 Å². The summed E-state index contributed by atoms with van der Waals surface area (Å²) >= 11 is 0. The van der Waals surface area contributed by atoms with Gasteiger partial charge in [-0.3, -0.25) is 13.8 Å². The molecule has 0 aliphatic rings. The Balaban J connectivity index is 1.67. The average Bonchev–Trinajstić information content (AvgIpc) is 2.84. The molecule has 0 bridgehead atoms. The molecule has 0 aliphatic heterocycles. The van der Waals surface area contributed by atoms with Gasteiger partial charge in [0.1, 0.15) is 5.75 Å². The molecule has 35 heavy (non-hydrogen) atoms. The third kappa shape index (κ3) is 6.10. The Kier molecular flexibility index (Phi) is 7.68. The molecule has 2 N–H and O–H groups in total. The van der Waals surface area contributed by atoms with Gasteiger partial charge in [-0.15, -0.1) is 0 Å². The Bertz CT molecular complexity index is 1390. The molecular weight excluding hydrogens is 492 g/mol. The summed E-state index contributed by atoms with van der Waals surface area (Å²) in [5.74, 6) is 0.176. The zero-order chi connectivity index (χ0) is 25.8. The lowest BCUT2D eigenvalue weighted by Crippen LogP contribution is -2.37. The van der Waals surface area contributed by atoms with E-state index in [2.05, 4.69) is 10.0 Å². The summed E-state index contributed by atoms with van der Waals surface area (Å²) < 4.78 is 59.5. The monoisotopic (exact) mass is 518 g/mol. The molecule has 12 heteroatoms. The maximum atomic E-state index is 12.6. The number of anilines is 3. The molecule has 0 heterocycles. The molecular formula is C23H26N4O6S2. The van der Waals surface area contributed by atoms with E-state index >= 15 is 0 Å². The second-order valence-electron chi connectivity index (χ2n) is 7.62. The number of ether oxygens (including phenoxy) is 1. The third-order valence-electron chi connectivity index (χ3n) is 5.07. The Labute approximate surface area is 205 Å². The summed E-state index contributed by atoms with van der Waals surface area (Å²) in [5.41, 5.74) is 1.49. The quantitative estimate of drug-likeness (QED) is 0.449. The predicted octanol–water partition coefficient (Wildman–Crippen LogP) is 2.99. The van der Waals surface area contributed by atoms with Crippen molar-refractivity contribution in [3.8, 4) is 5.75 Å². The number of carbonyl (C=O) groups is 1. The highest BCUT2D eigenvalue weighted by Crippen LogP contribution is 2.22. The minimum Gasteiger partial charge on any atom is -0.497 e. The molecule has 1 amide bonds. The van der Waals surface area contributed by atoms with E-state index in [1.165, 1.54) is 76.8 Å². The number of amides is 1. The van der Waals surface area contributed by atoms with Gasteiger partial charge in [0.2, 0.25) is 0 Å². The first-order valence-electron chi connectivity index (χ1n) is 10.3. The van der Waals surface area contributed by atoms with Gasteiger partial charge in [0.25, 0.3) is 15.9 Å². The fourth-order valence-electron chi connectivity index (χ4n) is 2.99. The van der Waals surface area contributed by atoms with Crippen molar-refractivity contribution in [3.05, 3.63) is 78.4 Å². The lowest BCUT2D eigenvalue weighted by molar-refractivity contribution is 0.102. The first-order chi connectivity index (χ1) is 16.4. The van der Waals surface area contributed by atoms with Crippen LogP contribution in [0.15, 0.2) is 77.7 Å². The first kappa shape index (κ1) is 26.0. The topological polar surface area (TPSA) is 125 Å². The maximum absolute atomic E-state index is 12.6. The van der Waals surface area contributed by atoms with Crippen LogP contribution in [0.2, 0.25) is 0 Å². The van der Waals surface area contributed by atoms with Crippen LogP contribution in [0.1, 0.15) is 10.4 Å². The van der Waals surface area contributed by atoms with Gasteiger partial charge in [-0.2, -0.15) is 12.7 Å². The zero-order valence-corrected chi connectivity index (χ0v) is 21.2. The van der Waals surface area contributed by atoms with Crippen LogP contribution in [-0.2, 0) is 20.2 Å². The Hall–Kier alpha value is -3.61. The minimum absolute atomic E-state index is 0.0285. The summed E-state index contributed by atoms with van der Waals surface area (Å²) in [4.78, 5) is 12.6. The summed E-state index contributed by atoms with van der Waals surface area (Å²) in [5, 5.41) is 2.69. The summed E-state index contributed by atoms with van der Waals surface area (Å²) in [7, 11) is -1.67. The number of nitrogens with one attached hydrogen (secondary N) is 2. The zero-order valence-electron chi connectivity index (χ0n) is 19.6. The van der Waals surface area contributed by atoms with Crippen molar-refractivity contribution in [2.24, 2.45) is 0 Å². The molecule has 0 saturated carbocycles. The van der Waals surface area contributed by atoms with Crippen molar-refractivity contribution in [2.75, 3.05) is 42.6 Å². The largest absolute Gasteiger partial charge is 0.497 e. The van der Waals surface area contributed by atoms with Crippen LogP contribution < -0.4 is 19.1 Å². The van der Waals surface area contributed by atoms with E-state index in [1.807, 2.05) is 0 Å². The van der Waals surface area contributed by atoms with Crippen molar-refractivity contribution < 1.29 is 26.4 Å². The SMILES string of the molecule is COc1ccc(NS(=O)(=O)c2ccc(NC(=O)c3ccc(N(C)S(=O)(=O)N(C)C)cc3)cc2)cc1. The smallest absolute Gasteiger partial charge is 0.303 e. The number of methoxy groups -OCH3 is 1. The summed E-state index contributed by atoms with van der Waals surface area (Å²) in [6.45, 7) is 0. The molecule has 0 saturated heterocycles. The third-order valence-corrected chi connectivity index (χ3v) is 8.29. The molecule has 0 spiro atoms. The number of hydrogen-bond donors (Lipinski definition) is 2. The molecule has 3 aromatic carbocycles. The van der Waals surface area contributed by atoms with Crippen molar-refractivity contribution in [2.45, 2.75) is 4.90 Å². The van der Waals surface area contributed by atoms with Crippen LogP contribution in [0.25, 0.3) is 0 Å². The molecule has 3 rings (SSSR count). The van der Waals surface area contributed by atoms with E-state index in [1.54, 1.807) is 24.3 Å². The second-order valence-corrected chi connectivity index (χ2v) is 11.5. The van der Waals surface area contributed by atoms with Crippen LogP contribution in [0.4, 0.5) is 17.1 Å². The van der Waals surface area contributed by atoms with E-state index < -0.39 is 26.1 Å². The lowest BCUT2D eigenvalue weighted by Gasteiger charge is -2.23. The van der Waals surface area contributed by atoms with Gasteiger partial charge in [-0.1, -0.05) is 0 Å². The van der Waals surface area contributed by atoms with Gasteiger partial charge in [0.05, 0.1) is 17.7 Å². The highest BCUT2D eigenvalue weighted by atomic mass is 32.2. The van der Waals surface area contributed by atoms with Crippen molar-refractivity contribution in [1.29, 1.82) is 0 Å². The Morgan fingerprint density at radius 2 is 1.31 bits per heavy atom. The van der Waals surface area contributed by atoms with Crippen molar-refractivity contribution >= 4 is 43.2 Å². The summed E-state index contributed by atoms with van der Waals surface area (Å²) in [6, 6.07) is 18.2. The standard InChI is InChI=1S/C23H26N4O6S2/c1-26(2)35(31,32)27(3)20-11-5-17(6-12-20)23(28)24-18-9-15-22(16-10-18)34(29,30)25-19-7-13-21(33-4)14-8-19/h5-16,25H,1-4H3,(H,24,28). The van der Waals surface area contributed by atoms with Gasteiger partial charge in [-0.05, 0) is 72.8 Å². The minimum atomic E-state index is -3.82. The fourth-order valence-corrected chi connectivity index (χ4v) is 4.93. The van der Waals surface area contributed by atoms with Crippen LogP contribution in [0, 0.1) is 0 Å². The number of carbonyl (C=O) groups excluding carboxylic acids is 1. The van der Waals surface area contributed by atoms with E-state index in [0.717, 1.165) is 8.61 Å². The fraction of sp³-hybridized carbons (Fsp3) is 0.174. The lowest BCUT2D eigenvalue weighted by atomic mass is 10.2. The second kappa shape index (κ2) is 10.3. The van der Waals surface area contributed by atoms with Gasteiger partial charge < -0.3 is 10.1 Å². The van der Waals surface area contributed by atoms with E-state index in [4.69, 9.17) is 4.74 Å². The number of benzene rings is 3. The van der Waals surface area contributed by atoms with Crippen LogP contribution in [0.5, 0.6) is 5.75 Å². The molecule has 0 unspecified atom stereocenters. The van der Waals surface area contributed by atoms with Gasteiger partial charge >= 0.3 is 10.2 Å². The van der Waals surface area contributed by atoms with Gasteiger partial charge in [0, 0.05) is 38.1 Å². The van der Waals surface area contributed by atoms with E-state index in [0.29, 0.717) is 28.4 Å². The number of rotatable bonds is 9. The van der Waals surface area contributed by atoms with Crippen LogP contribution in [0.3, 0.4) is 0 Å². The molecule has 0 atom stereocenters. The molecule has 0 aliphatic carbocycles. The molecule has 0 fully saturated rings. The Morgan fingerprint density at radius 3 is 1.83 bits per heavy atom. The van der Waals surface area contributed by atoms with Crippen molar-refractivity contribution in [1.82, 2.24) is 4.31 Å². The van der Waals surface area contributed by atoms with Gasteiger partial charge in [0.15, 0.2) is 0 Å². The highest BCUT2D eigenvalue weighted by molar-refractivity contribution is 7.92. The number of sulfonamides is 1. The predicted molar refractivity (Wildman–Crippen MR) is 136 cm³/mol. The molecule has 186 valence electrons. The Morgan fingerprint density at radius 1 is 0.771 bits per heavy atom. The molecule has 0 aromatic heterocycles. The maximum Gasteiger partial charge on any atom is 0.303 e. The first-order valence-corrected chi connectivity index (χ1v) is 13.2. The van der Waals surface area contributed by atoms with E-state index in [-0.39, 0.29) is 4.90 Å². The summed E-state index contributed by atoms with van der Waals surface area (Å²) in [6.07, 6.45) is 0. The number of hydrogen-bond acceptors (Lipinski definition) is 6. The van der Waals surface area contributed by atoms with Crippen LogP contribution >= 0.6 is 0 Å². The van der Waals surface area contributed by atoms with Crippen molar-refractivity contribution in [3.63, 3.8) is 0 Å². The van der Waals surface area contributed by atoms with E-state index in [9.17, 15) is 21.6 Å². The molecule has 10 nitrogen and oxygen atoms in total. The van der Waals surface area contributed by atoms with Crippen LogP contribution in [-0.4, -0.2) is 55.3 Å². The normalized spacial score (nSPS) is 11.7. The molecule has 0 radical (unpaired) electrons. The highest BCUT2D eigenvalue weighted by Gasteiger charge is 2.21. The average molecular weight is 519 g/mol. The number of nitrogens with zero attached hydrogens (tertiary/aromatic N) is 2. The molecule has 3 aromatic rings.